The first kappa shape index (κ1) is 16.4. The molecule has 0 bridgehead atoms. The number of halogens is 2. The maximum absolute atomic E-state index is 11.0. The van der Waals surface area contributed by atoms with Crippen LogP contribution >= 0.6 is 24.8 Å². The highest BCUT2D eigenvalue weighted by Crippen LogP contribution is 2.05. The lowest BCUT2D eigenvalue weighted by molar-refractivity contribution is -0.144. The van der Waals surface area contributed by atoms with E-state index in [-0.39, 0.29) is 36.8 Å². The molecule has 2 N–H and O–H groups in total. The zero-order valence-corrected chi connectivity index (χ0v) is 9.90. The maximum Gasteiger partial charge on any atom is 0.320 e. The van der Waals surface area contributed by atoms with E-state index in [1.54, 1.807) is 0 Å². The summed E-state index contributed by atoms with van der Waals surface area (Å²) in [7, 11) is 0. The number of likely N-dealkylation sites (tertiary alicyclic amines) is 1. The van der Waals surface area contributed by atoms with Gasteiger partial charge in [-0.2, -0.15) is 0 Å². The van der Waals surface area contributed by atoms with Crippen molar-refractivity contribution in [1.82, 2.24) is 4.90 Å². The molecule has 0 radical (unpaired) electrons. The predicted octanol–water partition coefficient (Wildman–Crippen LogP) is 0.426. The van der Waals surface area contributed by atoms with Crippen LogP contribution in [0.4, 0.5) is 0 Å². The largest absolute Gasteiger partial charge is 0.465 e. The fraction of sp³-hybridized carbons (Fsp3) is 0.875. The highest BCUT2D eigenvalue weighted by atomic mass is 35.5. The molecule has 1 heterocycles. The first-order valence-electron chi connectivity index (χ1n) is 4.36. The number of hydrogen-bond donors (Lipinski definition) is 1. The standard InChI is InChI=1S/C8H16N2O2.2ClH/c1-2-12-8(11)6-10-4-3-7(9)5-10;;/h7H,2-6,9H2,1H3;2*1H/t7-;;/m1../s1. The molecule has 1 atom stereocenters. The number of carbonyl (C=O) groups is 1. The van der Waals surface area contributed by atoms with Crippen molar-refractivity contribution in [3.8, 4) is 0 Å². The van der Waals surface area contributed by atoms with E-state index in [9.17, 15) is 4.79 Å². The Morgan fingerprint density at radius 1 is 1.57 bits per heavy atom. The molecule has 0 aromatic carbocycles. The number of hydrogen-bond acceptors (Lipinski definition) is 4. The van der Waals surface area contributed by atoms with Crippen LogP contribution in [-0.2, 0) is 9.53 Å². The van der Waals surface area contributed by atoms with E-state index in [2.05, 4.69) is 0 Å². The lowest BCUT2D eigenvalue weighted by atomic mass is 10.3. The Labute approximate surface area is 97.0 Å². The molecule has 0 aromatic heterocycles. The van der Waals surface area contributed by atoms with Gasteiger partial charge in [-0.15, -0.1) is 24.8 Å². The van der Waals surface area contributed by atoms with Gasteiger partial charge in [0, 0.05) is 19.1 Å². The average molecular weight is 245 g/mol. The molecule has 1 rings (SSSR count). The molecule has 86 valence electrons. The van der Waals surface area contributed by atoms with Crippen LogP contribution in [0, 0.1) is 0 Å². The van der Waals surface area contributed by atoms with Gasteiger partial charge in [-0.1, -0.05) is 0 Å². The minimum Gasteiger partial charge on any atom is -0.465 e. The van der Waals surface area contributed by atoms with E-state index >= 15 is 0 Å². The van der Waals surface area contributed by atoms with Gasteiger partial charge < -0.3 is 10.5 Å². The van der Waals surface area contributed by atoms with Crippen LogP contribution in [0.2, 0.25) is 0 Å². The fourth-order valence-electron chi connectivity index (χ4n) is 1.40. The quantitative estimate of drug-likeness (QED) is 0.732. The van der Waals surface area contributed by atoms with Crippen molar-refractivity contribution in [2.24, 2.45) is 5.73 Å². The van der Waals surface area contributed by atoms with Crippen LogP contribution in [0.1, 0.15) is 13.3 Å². The third-order valence-corrected chi connectivity index (χ3v) is 1.97. The number of nitrogens with zero attached hydrogens (tertiary/aromatic N) is 1. The van der Waals surface area contributed by atoms with Gasteiger partial charge in [-0.05, 0) is 13.3 Å². The Balaban J connectivity index is 0. The van der Waals surface area contributed by atoms with E-state index in [0.717, 1.165) is 19.5 Å². The van der Waals surface area contributed by atoms with Crippen molar-refractivity contribution < 1.29 is 9.53 Å². The molecule has 0 spiro atoms. The topological polar surface area (TPSA) is 55.6 Å². The minimum absolute atomic E-state index is 0. The summed E-state index contributed by atoms with van der Waals surface area (Å²) in [6.45, 7) is 4.40. The van der Waals surface area contributed by atoms with Crippen LogP contribution in [0.15, 0.2) is 0 Å². The van der Waals surface area contributed by atoms with Gasteiger partial charge >= 0.3 is 5.97 Å². The molecule has 1 aliphatic heterocycles. The van der Waals surface area contributed by atoms with Gasteiger partial charge in [-0.3, -0.25) is 9.69 Å². The molecule has 4 nitrogen and oxygen atoms in total. The third-order valence-electron chi connectivity index (χ3n) is 1.97. The van der Waals surface area contributed by atoms with Gasteiger partial charge in [0.2, 0.25) is 0 Å². The van der Waals surface area contributed by atoms with Crippen molar-refractivity contribution in [3.63, 3.8) is 0 Å². The smallest absolute Gasteiger partial charge is 0.320 e. The van der Waals surface area contributed by atoms with E-state index in [0.29, 0.717) is 13.2 Å². The number of esters is 1. The van der Waals surface area contributed by atoms with Crippen LogP contribution in [0.25, 0.3) is 0 Å². The number of carbonyl (C=O) groups excluding carboxylic acids is 1. The summed E-state index contributed by atoms with van der Waals surface area (Å²) < 4.78 is 4.82. The average Bonchev–Trinajstić information content (AvgIpc) is 2.36. The SMILES string of the molecule is CCOC(=O)CN1CC[C@@H](N)C1.Cl.Cl. The third kappa shape index (κ3) is 5.65. The first-order chi connectivity index (χ1) is 5.72. The molecular formula is C8H18Cl2N2O2. The number of nitrogens with two attached hydrogens (primary N) is 1. The van der Waals surface area contributed by atoms with E-state index < -0.39 is 0 Å². The zero-order chi connectivity index (χ0) is 8.97. The highest BCUT2D eigenvalue weighted by molar-refractivity contribution is 5.85. The molecule has 1 fully saturated rings. The van der Waals surface area contributed by atoms with Crippen molar-refractivity contribution in [2.45, 2.75) is 19.4 Å². The second-order valence-electron chi connectivity index (χ2n) is 3.09. The minimum atomic E-state index is -0.147. The molecule has 0 unspecified atom stereocenters. The molecule has 6 heteroatoms. The molecule has 0 saturated carbocycles. The van der Waals surface area contributed by atoms with Crippen LogP contribution < -0.4 is 5.73 Å². The summed E-state index contributed by atoms with van der Waals surface area (Å²) in [6.07, 6.45) is 0.986. The summed E-state index contributed by atoms with van der Waals surface area (Å²) >= 11 is 0. The Morgan fingerprint density at radius 2 is 2.21 bits per heavy atom. The molecule has 0 aliphatic carbocycles. The van der Waals surface area contributed by atoms with E-state index in [1.807, 2.05) is 11.8 Å². The monoisotopic (exact) mass is 244 g/mol. The van der Waals surface area contributed by atoms with E-state index in [4.69, 9.17) is 10.5 Å². The summed E-state index contributed by atoms with van der Waals surface area (Å²) in [5.74, 6) is -0.147. The second-order valence-corrected chi connectivity index (χ2v) is 3.09. The molecule has 1 saturated heterocycles. The lowest BCUT2D eigenvalue weighted by Crippen LogP contribution is -2.31. The summed E-state index contributed by atoms with van der Waals surface area (Å²) in [4.78, 5) is 13.0. The maximum atomic E-state index is 11.0. The van der Waals surface area contributed by atoms with Crippen LogP contribution in [0.3, 0.4) is 0 Å². The summed E-state index contributed by atoms with van der Waals surface area (Å²) in [5.41, 5.74) is 5.68. The van der Waals surface area contributed by atoms with E-state index in [1.165, 1.54) is 0 Å². The van der Waals surface area contributed by atoms with Gasteiger partial charge in [0.1, 0.15) is 0 Å². The van der Waals surface area contributed by atoms with Crippen molar-refractivity contribution in [1.29, 1.82) is 0 Å². The fourth-order valence-corrected chi connectivity index (χ4v) is 1.40. The first-order valence-corrected chi connectivity index (χ1v) is 4.36. The molecule has 1 aliphatic rings. The Bertz CT molecular complexity index is 169. The summed E-state index contributed by atoms with van der Waals surface area (Å²) in [5, 5.41) is 0. The normalized spacial score (nSPS) is 20.9. The highest BCUT2D eigenvalue weighted by Gasteiger charge is 2.21. The van der Waals surface area contributed by atoms with Gasteiger partial charge in [0.15, 0.2) is 0 Å². The molecule has 0 aromatic rings. The van der Waals surface area contributed by atoms with Gasteiger partial charge in [-0.25, -0.2) is 0 Å². The van der Waals surface area contributed by atoms with Gasteiger partial charge in [0.25, 0.3) is 0 Å². The second kappa shape index (κ2) is 8.29. The van der Waals surface area contributed by atoms with Gasteiger partial charge in [0.05, 0.1) is 13.2 Å². The molecular weight excluding hydrogens is 227 g/mol. The molecule has 0 amide bonds. The summed E-state index contributed by atoms with van der Waals surface area (Å²) in [6, 6.07) is 0.236. The van der Waals surface area contributed by atoms with Crippen LogP contribution in [0.5, 0.6) is 0 Å². The predicted molar refractivity (Wildman–Crippen MR) is 60.2 cm³/mol. The van der Waals surface area contributed by atoms with Crippen LogP contribution in [-0.4, -0.2) is 43.2 Å². The Kier molecular flexibility index (Phi) is 9.72. The number of rotatable bonds is 3. The Hall–Kier alpha value is -0.0300. The Morgan fingerprint density at radius 3 is 2.64 bits per heavy atom. The van der Waals surface area contributed by atoms with Crippen molar-refractivity contribution in [3.05, 3.63) is 0 Å². The number of ether oxygens (including phenoxy) is 1. The van der Waals surface area contributed by atoms with Crippen molar-refractivity contribution in [2.75, 3.05) is 26.2 Å². The zero-order valence-electron chi connectivity index (χ0n) is 8.27. The lowest BCUT2D eigenvalue weighted by Gasteiger charge is -2.13. The van der Waals surface area contributed by atoms with Crippen molar-refractivity contribution >= 4 is 30.8 Å². The molecule has 14 heavy (non-hydrogen) atoms.